The summed E-state index contributed by atoms with van der Waals surface area (Å²) in [6.45, 7) is 2.05. The Bertz CT molecular complexity index is 482. The van der Waals surface area contributed by atoms with Crippen molar-refractivity contribution in [2.75, 3.05) is 0 Å². The van der Waals surface area contributed by atoms with Crippen LogP contribution in [0, 0.1) is 6.92 Å². The van der Waals surface area contributed by atoms with E-state index in [1.54, 1.807) is 0 Å². The number of benzene rings is 2. The van der Waals surface area contributed by atoms with Crippen molar-refractivity contribution in [1.82, 2.24) is 0 Å². The van der Waals surface area contributed by atoms with Crippen LogP contribution in [0.2, 0.25) is 5.02 Å². The molecular formula is C15H15ClOS. The quantitative estimate of drug-likeness (QED) is 0.823. The number of halogens is 1. The zero-order valence-corrected chi connectivity index (χ0v) is 11.8. The van der Waals surface area contributed by atoms with Crippen molar-refractivity contribution in [2.24, 2.45) is 0 Å². The first-order chi connectivity index (χ1) is 8.63. The van der Waals surface area contributed by atoms with Gasteiger partial charge in [0.25, 0.3) is 0 Å². The fraction of sp³-hybridized carbons (Fsp3) is 0.200. The number of hydrogen-bond donors (Lipinski definition) is 0. The Hall–Kier alpha value is -1.12. The third kappa shape index (κ3) is 3.97. The van der Waals surface area contributed by atoms with Gasteiger partial charge in [-0.3, -0.25) is 4.21 Å². The van der Waals surface area contributed by atoms with Gasteiger partial charge in [0.1, 0.15) is 0 Å². The lowest BCUT2D eigenvalue weighted by atomic mass is 10.2. The van der Waals surface area contributed by atoms with Crippen molar-refractivity contribution in [3.05, 3.63) is 70.2 Å². The Labute approximate surface area is 115 Å². The van der Waals surface area contributed by atoms with Crippen LogP contribution in [0.15, 0.2) is 48.5 Å². The molecule has 1 nitrogen and oxygen atoms in total. The summed E-state index contributed by atoms with van der Waals surface area (Å²) < 4.78 is 12.0. The minimum Gasteiger partial charge on any atom is -0.259 e. The monoisotopic (exact) mass is 278 g/mol. The van der Waals surface area contributed by atoms with Crippen molar-refractivity contribution in [3.63, 3.8) is 0 Å². The maximum Gasteiger partial charge on any atom is 0.0489 e. The van der Waals surface area contributed by atoms with Crippen molar-refractivity contribution in [2.45, 2.75) is 18.4 Å². The summed E-state index contributed by atoms with van der Waals surface area (Å²) in [6, 6.07) is 15.7. The maximum absolute atomic E-state index is 12.0. The zero-order valence-electron chi connectivity index (χ0n) is 10.2. The van der Waals surface area contributed by atoms with E-state index in [1.165, 1.54) is 5.56 Å². The number of rotatable bonds is 4. The van der Waals surface area contributed by atoms with Crippen LogP contribution in [0.5, 0.6) is 0 Å². The molecule has 2 rings (SSSR count). The third-order valence-corrected chi connectivity index (χ3v) is 4.25. The molecule has 0 spiro atoms. The molecule has 0 aliphatic heterocycles. The molecular weight excluding hydrogens is 264 g/mol. The molecule has 94 valence electrons. The average Bonchev–Trinajstić information content (AvgIpc) is 2.35. The predicted molar refractivity (Wildman–Crippen MR) is 78.2 cm³/mol. The molecule has 0 fully saturated rings. The van der Waals surface area contributed by atoms with E-state index in [4.69, 9.17) is 11.6 Å². The number of aryl methyl sites for hydroxylation is 1. The summed E-state index contributed by atoms with van der Waals surface area (Å²) in [5.74, 6) is 1.17. The average molecular weight is 279 g/mol. The smallest absolute Gasteiger partial charge is 0.0489 e. The minimum atomic E-state index is -0.878. The summed E-state index contributed by atoms with van der Waals surface area (Å²) in [6.07, 6.45) is 0. The van der Waals surface area contributed by atoms with Gasteiger partial charge in [-0.25, -0.2) is 0 Å². The minimum absolute atomic E-state index is 0.574. The molecule has 0 aliphatic carbocycles. The molecule has 18 heavy (non-hydrogen) atoms. The Morgan fingerprint density at radius 2 is 1.33 bits per heavy atom. The van der Waals surface area contributed by atoms with Crippen LogP contribution in [0.1, 0.15) is 16.7 Å². The highest BCUT2D eigenvalue weighted by atomic mass is 35.5. The van der Waals surface area contributed by atoms with E-state index in [9.17, 15) is 4.21 Å². The van der Waals surface area contributed by atoms with Gasteiger partial charge < -0.3 is 0 Å². The second-order valence-corrected chi connectivity index (χ2v) is 6.23. The Kier molecular flexibility index (Phi) is 4.56. The molecule has 0 aliphatic rings. The summed E-state index contributed by atoms with van der Waals surface area (Å²) >= 11 is 5.82. The molecule has 3 heteroatoms. The summed E-state index contributed by atoms with van der Waals surface area (Å²) in [7, 11) is -0.878. The molecule has 0 N–H and O–H groups in total. The van der Waals surface area contributed by atoms with E-state index in [0.717, 1.165) is 11.1 Å². The molecule has 0 aromatic heterocycles. The van der Waals surface area contributed by atoms with Gasteiger partial charge in [-0.15, -0.1) is 0 Å². The molecule has 0 radical (unpaired) electrons. The molecule has 0 saturated heterocycles. The highest BCUT2D eigenvalue weighted by molar-refractivity contribution is 7.83. The van der Waals surface area contributed by atoms with Gasteiger partial charge in [-0.2, -0.15) is 0 Å². The molecule has 0 bridgehead atoms. The van der Waals surface area contributed by atoms with Crippen LogP contribution >= 0.6 is 11.6 Å². The van der Waals surface area contributed by atoms with Crippen LogP contribution in [0.4, 0.5) is 0 Å². The Morgan fingerprint density at radius 1 is 0.889 bits per heavy atom. The summed E-state index contributed by atoms with van der Waals surface area (Å²) in [4.78, 5) is 0. The van der Waals surface area contributed by atoms with E-state index in [1.807, 2.05) is 36.4 Å². The normalized spacial score (nSPS) is 12.3. The van der Waals surface area contributed by atoms with Crippen molar-refractivity contribution in [1.29, 1.82) is 0 Å². The summed E-state index contributed by atoms with van der Waals surface area (Å²) in [5, 5.41) is 0.711. The van der Waals surface area contributed by atoms with E-state index < -0.39 is 10.8 Å². The van der Waals surface area contributed by atoms with Gasteiger partial charge in [-0.05, 0) is 30.2 Å². The highest BCUT2D eigenvalue weighted by Crippen LogP contribution is 2.13. The van der Waals surface area contributed by atoms with E-state index in [-0.39, 0.29) is 0 Å². The van der Waals surface area contributed by atoms with Crippen molar-refractivity contribution >= 4 is 22.4 Å². The van der Waals surface area contributed by atoms with Crippen LogP contribution < -0.4 is 0 Å². The van der Waals surface area contributed by atoms with Gasteiger partial charge in [-0.1, -0.05) is 53.6 Å². The highest BCUT2D eigenvalue weighted by Gasteiger charge is 2.03. The maximum atomic E-state index is 12.0. The first-order valence-corrected chi connectivity index (χ1v) is 7.65. The van der Waals surface area contributed by atoms with Gasteiger partial charge in [0, 0.05) is 27.3 Å². The Balaban J connectivity index is 1.96. The second-order valence-electron chi connectivity index (χ2n) is 4.34. The van der Waals surface area contributed by atoms with Gasteiger partial charge in [0.05, 0.1) is 0 Å². The van der Waals surface area contributed by atoms with E-state index in [2.05, 4.69) is 19.1 Å². The van der Waals surface area contributed by atoms with E-state index >= 15 is 0 Å². The lowest BCUT2D eigenvalue weighted by Gasteiger charge is -2.04. The fourth-order valence-electron chi connectivity index (χ4n) is 1.69. The number of hydrogen-bond acceptors (Lipinski definition) is 1. The first-order valence-electron chi connectivity index (χ1n) is 5.78. The van der Waals surface area contributed by atoms with Crippen LogP contribution in [0.25, 0.3) is 0 Å². The van der Waals surface area contributed by atoms with Crippen LogP contribution in [-0.2, 0) is 22.3 Å². The van der Waals surface area contributed by atoms with Crippen LogP contribution in [-0.4, -0.2) is 4.21 Å². The van der Waals surface area contributed by atoms with Gasteiger partial charge in [0.15, 0.2) is 0 Å². The lowest BCUT2D eigenvalue weighted by Crippen LogP contribution is -1.99. The molecule has 0 amide bonds. The Morgan fingerprint density at radius 3 is 1.83 bits per heavy atom. The second kappa shape index (κ2) is 6.17. The molecule has 1 atom stereocenters. The zero-order chi connectivity index (χ0) is 13.0. The van der Waals surface area contributed by atoms with E-state index in [0.29, 0.717) is 16.5 Å². The van der Waals surface area contributed by atoms with Crippen molar-refractivity contribution < 1.29 is 4.21 Å². The van der Waals surface area contributed by atoms with Gasteiger partial charge >= 0.3 is 0 Å². The largest absolute Gasteiger partial charge is 0.259 e. The molecule has 2 aromatic rings. The van der Waals surface area contributed by atoms with Crippen molar-refractivity contribution in [3.8, 4) is 0 Å². The van der Waals surface area contributed by atoms with Crippen LogP contribution in [0.3, 0.4) is 0 Å². The molecule has 0 saturated carbocycles. The van der Waals surface area contributed by atoms with Gasteiger partial charge in [0.2, 0.25) is 0 Å². The first kappa shape index (κ1) is 13.3. The molecule has 1 unspecified atom stereocenters. The third-order valence-electron chi connectivity index (χ3n) is 2.69. The predicted octanol–water partition coefficient (Wildman–Crippen LogP) is 4.10. The topological polar surface area (TPSA) is 17.1 Å². The summed E-state index contributed by atoms with van der Waals surface area (Å²) in [5.41, 5.74) is 3.40. The fourth-order valence-corrected chi connectivity index (χ4v) is 3.04. The SMILES string of the molecule is Cc1ccc(CS(=O)Cc2ccc(Cl)cc2)cc1. The lowest BCUT2D eigenvalue weighted by molar-refractivity contribution is 0.682. The standard InChI is InChI=1S/C15H15ClOS/c1-12-2-4-13(5-3-12)10-18(17)11-14-6-8-15(16)9-7-14/h2-9H,10-11H2,1H3. The molecule has 0 heterocycles. The molecule has 2 aromatic carbocycles.